The fraction of sp³-hybridized carbons (Fsp3) is 0.348. The van der Waals surface area contributed by atoms with Crippen LogP contribution in [0.2, 0.25) is 0 Å². The molecule has 2 aromatic carbocycles. The van der Waals surface area contributed by atoms with Crippen molar-refractivity contribution in [2.75, 3.05) is 45.8 Å². The molecule has 0 aliphatic carbocycles. The number of rotatable bonds is 8. The van der Waals surface area contributed by atoms with E-state index in [2.05, 4.69) is 10.2 Å². The minimum Gasteiger partial charge on any atom is -0.355 e. The van der Waals surface area contributed by atoms with Crippen LogP contribution in [-0.4, -0.2) is 86.1 Å². The van der Waals surface area contributed by atoms with Crippen LogP contribution in [0.3, 0.4) is 0 Å². The molecule has 2 aliphatic heterocycles. The van der Waals surface area contributed by atoms with Gasteiger partial charge in [-0.3, -0.25) is 24.2 Å². The highest BCUT2D eigenvalue weighted by Gasteiger charge is 2.35. The molecule has 0 unspecified atom stereocenters. The molecule has 0 saturated carbocycles. The molecule has 2 aromatic rings. The normalized spacial score (nSPS) is 17.3. The van der Waals surface area contributed by atoms with Gasteiger partial charge in [0, 0.05) is 52.2 Å². The minimum absolute atomic E-state index is 0.0359. The molecule has 0 bridgehead atoms. The Bertz CT molecular complexity index is 1110. The Labute approximate surface area is 193 Å². The van der Waals surface area contributed by atoms with Crippen LogP contribution in [0, 0.1) is 0 Å². The highest BCUT2D eigenvalue weighted by atomic mass is 32.2. The van der Waals surface area contributed by atoms with Crippen LogP contribution in [0.4, 0.5) is 0 Å². The summed E-state index contributed by atoms with van der Waals surface area (Å²) in [5.41, 5.74) is 0.743. The van der Waals surface area contributed by atoms with Crippen LogP contribution in [0.25, 0.3) is 0 Å². The molecule has 10 heteroatoms. The summed E-state index contributed by atoms with van der Waals surface area (Å²) < 4.78 is 26.9. The van der Waals surface area contributed by atoms with Crippen molar-refractivity contribution < 1.29 is 22.8 Å². The number of amides is 3. The number of nitrogens with one attached hydrogen (secondary N) is 1. The van der Waals surface area contributed by atoms with Crippen LogP contribution in [0.15, 0.2) is 59.5 Å². The van der Waals surface area contributed by atoms with E-state index in [9.17, 15) is 22.8 Å². The molecule has 3 amide bonds. The monoisotopic (exact) mass is 470 g/mol. The van der Waals surface area contributed by atoms with Crippen molar-refractivity contribution in [3.63, 3.8) is 0 Å². The summed E-state index contributed by atoms with van der Waals surface area (Å²) in [6.07, 6.45) is 0.0363. The Morgan fingerprint density at radius 3 is 2.00 bits per heavy atom. The Hall–Kier alpha value is -3.08. The van der Waals surface area contributed by atoms with E-state index in [1.54, 1.807) is 54.6 Å². The van der Waals surface area contributed by atoms with E-state index < -0.39 is 10.0 Å². The minimum atomic E-state index is -3.49. The zero-order chi connectivity index (χ0) is 23.4. The molecule has 2 heterocycles. The highest BCUT2D eigenvalue weighted by Crippen LogP contribution is 2.22. The summed E-state index contributed by atoms with van der Waals surface area (Å²) in [5.74, 6) is -0.977. The summed E-state index contributed by atoms with van der Waals surface area (Å²) in [6.45, 7) is 2.99. The second-order valence-corrected chi connectivity index (χ2v) is 9.90. The van der Waals surface area contributed by atoms with E-state index >= 15 is 0 Å². The van der Waals surface area contributed by atoms with E-state index in [1.165, 1.54) is 4.31 Å². The largest absolute Gasteiger partial charge is 0.355 e. The van der Waals surface area contributed by atoms with Gasteiger partial charge < -0.3 is 5.32 Å². The molecular weight excluding hydrogens is 444 g/mol. The van der Waals surface area contributed by atoms with Crippen LogP contribution in [0.5, 0.6) is 0 Å². The first-order chi connectivity index (χ1) is 15.9. The number of sulfonamides is 1. The lowest BCUT2D eigenvalue weighted by Crippen LogP contribution is -2.50. The van der Waals surface area contributed by atoms with E-state index in [4.69, 9.17) is 0 Å². The van der Waals surface area contributed by atoms with Crippen LogP contribution >= 0.6 is 0 Å². The molecule has 4 rings (SSSR count). The number of imide groups is 1. The van der Waals surface area contributed by atoms with Crippen molar-refractivity contribution in [2.45, 2.75) is 11.3 Å². The summed E-state index contributed by atoms with van der Waals surface area (Å²) >= 11 is 0. The molecule has 1 fully saturated rings. The van der Waals surface area contributed by atoms with Crippen LogP contribution < -0.4 is 5.32 Å². The van der Waals surface area contributed by atoms with Gasteiger partial charge >= 0.3 is 0 Å². The third-order valence-electron chi connectivity index (χ3n) is 5.90. The first-order valence-electron chi connectivity index (χ1n) is 10.9. The molecule has 0 radical (unpaired) electrons. The van der Waals surface area contributed by atoms with Gasteiger partial charge in [-0.2, -0.15) is 4.31 Å². The summed E-state index contributed by atoms with van der Waals surface area (Å²) in [6, 6.07) is 15.0. The molecule has 1 saturated heterocycles. The SMILES string of the molecule is O=C(CCN1C(=O)c2ccccc2C1=O)NCCN1CCN(S(=O)(=O)c2ccccc2)CC1. The molecule has 9 nitrogen and oxygen atoms in total. The van der Waals surface area contributed by atoms with Gasteiger partial charge in [0.15, 0.2) is 0 Å². The molecule has 2 aliphatic rings. The lowest BCUT2D eigenvalue weighted by atomic mass is 10.1. The Balaban J connectivity index is 1.17. The first kappa shape index (κ1) is 23.1. The van der Waals surface area contributed by atoms with Gasteiger partial charge in [-0.15, -0.1) is 0 Å². The van der Waals surface area contributed by atoms with E-state index in [0.29, 0.717) is 55.3 Å². The number of fused-ring (bicyclic) bond motifs is 1. The molecule has 0 atom stereocenters. The standard InChI is InChI=1S/C23H26N4O5S/c28-21(10-12-27-22(29)19-8-4-5-9-20(19)23(27)30)24-11-13-25-14-16-26(17-15-25)33(31,32)18-6-2-1-3-7-18/h1-9H,10-17H2,(H,24,28). The summed E-state index contributed by atoms with van der Waals surface area (Å²) in [5, 5.41) is 2.81. The second-order valence-electron chi connectivity index (χ2n) is 7.97. The number of hydrogen-bond donors (Lipinski definition) is 1. The van der Waals surface area contributed by atoms with Crippen molar-refractivity contribution >= 4 is 27.7 Å². The Kier molecular flexibility index (Phi) is 6.87. The maximum absolute atomic E-state index is 12.7. The van der Waals surface area contributed by atoms with Crippen molar-refractivity contribution in [2.24, 2.45) is 0 Å². The van der Waals surface area contributed by atoms with Gasteiger partial charge in [0.05, 0.1) is 16.0 Å². The topological polar surface area (TPSA) is 107 Å². The molecular formula is C23H26N4O5S. The molecule has 174 valence electrons. The highest BCUT2D eigenvalue weighted by molar-refractivity contribution is 7.89. The van der Waals surface area contributed by atoms with Gasteiger partial charge in [0.1, 0.15) is 0 Å². The van der Waals surface area contributed by atoms with Crippen molar-refractivity contribution in [3.8, 4) is 0 Å². The lowest BCUT2D eigenvalue weighted by Gasteiger charge is -2.33. The smallest absolute Gasteiger partial charge is 0.261 e. The maximum atomic E-state index is 12.7. The fourth-order valence-electron chi connectivity index (χ4n) is 4.03. The third-order valence-corrected chi connectivity index (χ3v) is 7.82. The average molecular weight is 471 g/mol. The average Bonchev–Trinajstić information content (AvgIpc) is 3.08. The van der Waals surface area contributed by atoms with Gasteiger partial charge in [-0.1, -0.05) is 30.3 Å². The van der Waals surface area contributed by atoms with Gasteiger partial charge in [0.2, 0.25) is 15.9 Å². The maximum Gasteiger partial charge on any atom is 0.261 e. The number of carbonyl (C=O) groups is 3. The quantitative estimate of drug-likeness (QED) is 0.572. The predicted molar refractivity (Wildman–Crippen MR) is 121 cm³/mol. The Morgan fingerprint density at radius 1 is 0.818 bits per heavy atom. The van der Waals surface area contributed by atoms with Crippen molar-refractivity contribution in [1.29, 1.82) is 0 Å². The van der Waals surface area contributed by atoms with Crippen molar-refractivity contribution in [3.05, 3.63) is 65.7 Å². The van der Waals surface area contributed by atoms with E-state index in [-0.39, 0.29) is 30.7 Å². The first-order valence-corrected chi connectivity index (χ1v) is 12.3. The lowest BCUT2D eigenvalue weighted by molar-refractivity contribution is -0.121. The van der Waals surface area contributed by atoms with Crippen LogP contribution in [-0.2, 0) is 14.8 Å². The fourth-order valence-corrected chi connectivity index (χ4v) is 5.48. The zero-order valence-corrected chi connectivity index (χ0v) is 19.0. The number of piperazine rings is 1. The molecule has 0 spiro atoms. The summed E-state index contributed by atoms with van der Waals surface area (Å²) in [7, 11) is -3.49. The number of nitrogens with zero attached hydrogens (tertiary/aromatic N) is 3. The number of benzene rings is 2. The predicted octanol–water partition coefficient (Wildman–Crippen LogP) is 0.795. The Morgan fingerprint density at radius 2 is 1.39 bits per heavy atom. The van der Waals surface area contributed by atoms with Gasteiger partial charge in [-0.25, -0.2) is 8.42 Å². The molecule has 1 N–H and O–H groups in total. The van der Waals surface area contributed by atoms with Crippen molar-refractivity contribution in [1.82, 2.24) is 19.4 Å². The third kappa shape index (κ3) is 4.97. The van der Waals surface area contributed by atoms with Crippen LogP contribution in [0.1, 0.15) is 27.1 Å². The zero-order valence-electron chi connectivity index (χ0n) is 18.1. The van der Waals surface area contributed by atoms with Gasteiger partial charge in [-0.05, 0) is 24.3 Å². The van der Waals surface area contributed by atoms with Gasteiger partial charge in [0.25, 0.3) is 11.8 Å². The number of hydrogen-bond acceptors (Lipinski definition) is 6. The number of carbonyl (C=O) groups excluding carboxylic acids is 3. The molecule has 33 heavy (non-hydrogen) atoms. The molecule has 0 aromatic heterocycles. The van der Waals surface area contributed by atoms with E-state index in [0.717, 1.165) is 4.90 Å². The van der Waals surface area contributed by atoms with E-state index in [1.807, 2.05) is 0 Å². The second kappa shape index (κ2) is 9.82. The summed E-state index contributed by atoms with van der Waals surface area (Å²) in [4.78, 5) is 40.4.